The van der Waals surface area contributed by atoms with Gasteiger partial charge in [-0.3, -0.25) is 4.57 Å². The third-order valence-corrected chi connectivity index (χ3v) is 5.91. The summed E-state index contributed by atoms with van der Waals surface area (Å²) in [6, 6.07) is 5.11. The number of aromatic nitrogens is 8. The fraction of sp³-hybridized carbons (Fsp3) is 0.222. The highest BCUT2D eigenvalue weighted by atomic mass is 32.2. The molecule has 3 N–H and O–H groups in total. The molecule has 12 nitrogen and oxygen atoms in total. The van der Waals surface area contributed by atoms with Gasteiger partial charge in [0.2, 0.25) is 15.8 Å². The number of anilines is 1. The maximum atomic E-state index is 14.0. The van der Waals surface area contributed by atoms with Gasteiger partial charge in [0.1, 0.15) is 29.1 Å². The average molecular weight is 458 g/mol. The van der Waals surface area contributed by atoms with Gasteiger partial charge in [-0.2, -0.15) is 5.21 Å². The molecule has 166 valence electrons. The van der Waals surface area contributed by atoms with E-state index < -0.39 is 15.8 Å². The number of H-pyrrole nitrogens is 1. The standard InChI is InChI=1S/C18H19FN10O2S/c1-11-23-16(10-17(24-11)29-8-7-20-12(29)2)21-5-6-22-32(30,31)13-3-4-15(19)14(9-13)18-25-27-28-26-18/h3-4,7-10,22H,5-6H2,1-2H3,(H,21,23,24)(H,25,26,27,28). The number of aryl methyl sites for hydroxylation is 2. The molecule has 0 bridgehead atoms. The van der Waals surface area contributed by atoms with Crippen LogP contribution in [0.25, 0.3) is 17.2 Å². The summed E-state index contributed by atoms with van der Waals surface area (Å²) in [5.41, 5.74) is -0.0708. The van der Waals surface area contributed by atoms with Crippen molar-refractivity contribution in [1.82, 2.24) is 44.9 Å². The van der Waals surface area contributed by atoms with Crippen molar-refractivity contribution in [3.05, 3.63) is 54.1 Å². The number of hydrogen-bond donors (Lipinski definition) is 3. The SMILES string of the molecule is Cc1nc(NCCNS(=O)(=O)c2ccc(F)c(-c3nn[nH]n3)c2)cc(-n2ccnc2C)n1. The Kier molecular flexibility index (Phi) is 5.87. The zero-order valence-electron chi connectivity index (χ0n) is 17.1. The maximum Gasteiger partial charge on any atom is 0.240 e. The lowest BCUT2D eigenvalue weighted by atomic mass is 10.2. The summed E-state index contributed by atoms with van der Waals surface area (Å²) >= 11 is 0. The summed E-state index contributed by atoms with van der Waals surface area (Å²) in [7, 11) is -3.89. The number of benzene rings is 1. The van der Waals surface area contributed by atoms with E-state index in [0.717, 1.165) is 18.0 Å². The molecule has 32 heavy (non-hydrogen) atoms. The third kappa shape index (κ3) is 4.60. The van der Waals surface area contributed by atoms with Crippen molar-refractivity contribution < 1.29 is 12.8 Å². The molecule has 0 radical (unpaired) electrons. The number of nitrogens with zero attached hydrogens (tertiary/aromatic N) is 7. The summed E-state index contributed by atoms with van der Waals surface area (Å²) < 4.78 is 43.6. The normalized spacial score (nSPS) is 11.6. The van der Waals surface area contributed by atoms with Gasteiger partial charge in [0.15, 0.2) is 0 Å². The molecule has 1 aromatic carbocycles. The summed E-state index contributed by atoms with van der Waals surface area (Å²) in [6.07, 6.45) is 3.47. The first kappa shape index (κ1) is 21.5. The van der Waals surface area contributed by atoms with Gasteiger partial charge in [0.25, 0.3) is 0 Å². The van der Waals surface area contributed by atoms with Crippen LogP contribution >= 0.6 is 0 Å². The Hall–Kier alpha value is -3.78. The van der Waals surface area contributed by atoms with E-state index >= 15 is 0 Å². The number of rotatable bonds is 8. The monoisotopic (exact) mass is 458 g/mol. The minimum Gasteiger partial charge on any atom is -0.369 e. The zero-order valence-corrected chi connectivity index (χ0v) is 17.9. The minimum absolute atomic E-state index is 0.0377. The molecule has 14 heteroatoms. The molecule has 4 rings (SSSR count). The van der Waals surface area contributed by atoms with Crippen molar-refractivity contribution >= 4 is 15.8 Å². The molecule has 0 fully saturated rings. The Morgan fingerprint density at radius 3 is 2.72 bits per heavy atom. The molecule has 0 unspecified atom stereocenters. The molecule has 3 aromatic heterocycles. The van der Waals surface area contributed by atoms with Crippen molar-refractivity contribution in [2.75, 3.05) is 18.4 Å². The fourth-order valence-corrected chi connectivity index (χ4v) is 4.02. The molecule has 0 aliphatic carbocycles. The van der Waals surface area contributed by atoms with Gasteiger partial charge in [-0.05, 0) is 37.3 Å². The first-order chi connectivity index (χ1) is 15.3. The van der Waals surface area contributed by atoms with Gasteiger partial charge < -0.3 is 5.32 Å². The van der Waals surface area contributed by atoms with Crippen LogP contribution in [0.4, 0.5) is 10.2 Å². The van der Waals surface area contributed by atoms with E-state index in [1.54, 1.807) is 25.4 Å². The number of nitrogens with one attached hydrogen (secondary N) is 3. The predicted molar refractivity (Wildman–Crippen MR) is 112 cm³/mol. The summed E-state index contributed by atoms with van der Waals surface area (Å²) in [5, 5.41) is 16.0. The molecule has 0 aliphatic heterocycles. The van der Waals surface area contributed by atoms with Crippen molar-refractivity contribution in [3.8, 4) is 17.2 Å². The molecule has 0 saturated carbocycles. The molecular weight excluding hydrogens is 439 g/mol. The number of tetrazole rings is 1. The van der Waals surface area contributed by atoms with Gasteiger partial charge in [0.05, 0.1) is 10.5 Å². The van der Waals surface area contributed by atoms with E-state index in [-0.39, 0.29) is 29.4 Å². The second-order valence-electron chi connectivity index (χ2n) is 6.70. The summed E-state index contributed by atoms with van der Waals surface area (Å²) in [5.74, 6) is 1.83. The van der Waals surface area contributed by atoms with Crippen molar-refractivity contribution in [2.45, 2.75) is 18.7 Å². The van der Waals surface area contributed by atoms with Crippen LogP contribution in [0.3, 0.4) is 0 Å². The first-order valence-corrected chi connectivity index (χ1v) is 10.9. The molecule has 0 saturated heterocycles. The zero-order chi connectivity index (χ0) is 22.7. The van der Waals surface area contributed by atoms with Gasteiger partial charge in [-0.25, -0.2) is 32.5 Å². The first-order valence-electron chi connectivity index (χ1n) is 9.46. The van der Waals surface area contributed by atoms with Gasteiger partial charge in [-0.1, -0.05) is 0 Å². The maximum absolute atomic E-state index is 14.0. The topological polar surface area (TPSA) is 156 Å². The van der Waals surface area contributed by atoms with Crippen LogP contribution in [-0.4, -0.2) is 61.7 Å². The van der Waals surface area contributed by atoms with Crippen LogP contribution in [0, 0.1) is 19.7 Å². The Balaban J connectivity index is 1.41. The number of halogens is 1. The number of imidazole rings is 1. The second kappa shape index (κ2) is 8.76. The second-order valence-corrected chi connectivity index (χ2v) is 8.47. The van der Waals surface area contributed by atoms with Crippen LogP contribution in [0.15, 0.2) is 41.6 Å². The van der Waals surface area contributed by atoms with Gasteiger partial charge in [0, 0.05) is 31.5 Å². The van der Waals surface area contributed by atoms with Crippen molar-refractivity contribution in [2.24, 2.45) is 0 Å². The molecule has 0 spiro atoms. The lowest BCUT2D eigenvalue weighted by molar-refractivity contribution is 0.582. The van der Waals surface area contributed by atoms with Crippen LogP contribution in [0.1, 0.15) is 11.6 Å². The lowest BCUT2D eigenvalue weighted by Gasteiger charge is -2.11. The van der Waals surface area contributed by atoms with E-state index in [4.69, 9.17) is 0 Å². The predicted octanol–water partition coefficient (Wildman–Crippen LogP) is 0.989. The van der Waals surface area contributed by atoms with Crippen molar-refractivity contribution in [3.63, 3.8) is 0 Å². The number of sulfonamides is 1. The van der Waals surface area contributed by atoms with Crippen LogP contribution < -0.4 is 10.0 Å². The smallest absolute Gasteiger partial charge is 0.240 e. The molecule has 4 aromatic rings. The molecule has 3 heterocycles. The Bertz CT molecular complexity index is 1340. The highest BCUT2D eigenvalue weighted by Crippen LogP contribution is 2.22. The van der Waals surface area contributed by atoms with Gasteiger partial charge in [-0.15, -0.1) is 10.2 Å². The lowest BCUT2D eigenvalue weighted by Crippen LogP contribution is -2.29. The highest BCUT2D eigenvalue weighted by molar-refractivity contribution is 7.89. The van der Waals surface area contributed by atoms with E-state index in [1.165, 1.54) is 6.07 Å². The van der Waals surface area contributed by atoms with Crippen LogP contribution in [0.5, 0.6) is 0 Å². The Morgan fingerprint density at radius 2 is 2.00 bits per heavy atom. The van der Waals surface area contributed by atoms with Gasteiger partial charge >= 0.3 is 0 Å². The van der Waals surface area contributed by atoms with E-state index in [0.29, 0.717) is 17.5 Å². The average Bonchev–Trinajstić information content (AvgIpc) is 3.43. The van der Waals surface area contributed by atoms with E-state index in [2.05, 4.69) is 45.6 Å². The minimum atomic E-state index is -3.89. The van der Waals surface area contributed by atoms with E-state index in [9.17, 15) is 12.8 Å². The molecule has 0 aliphatic rings. The third-order valence-electron chi connectivity index (χ3n) is 4.45. The van der Waals surface area contributed by atoms with E-state index in [1.807, 2.05) is 11.5 Å². The fourth-order valence-electron chi connectivity index (χ4n) is 2.96. The number of aromatic amines is 1. The molecule has 0 amide bonds. The van der Waals surface area contributed by atoms with Crippen LogP contribution in [-0.2, 0) is 10.0 Å². The largest absolute Gasteiger partial charge is 0.369 e. The Labute approximate surface area is 182 Å². The Morgan fingerprint density at radius 1 is 1.16 bits per heavy atom. The van der Waals surface area contributed by atoms with Crippen LogP contribution in [0.2, 0.25) is 0 Å². The highest BCUT2D eigenvalue weighted by Gasteiger charge is 2.18. The summed E-state index contributed by atoms with van der Waals surface area (Å²) in [4.78, 5) is 12.8. The quantitative estimate of drug-likeness (QED) is 0.328. The van der Waals surface area contributed by atoms with Crippen molar-refractivity contribution in [1.29, 1.82) is 0 Å². The summed E-state index contributed by atoms with van der Waals surface area (Å²) in [6.45, 7) is 3.95. The molecular formula is C18H19FN10O2S. The molecule has 0 atom stereocenters. The number of hydrogen-bond acceptors (Lipinski definition) is 9.